The Kier molecular flexibility index (Phi) is 6.93. The number of hydrazone groups is 1. The molecule has 3 aromatic rings. The van der Waals surface area contributed by atoms with Crippen LogP contribution in [-0.4, -0.2) is 23.4 Å². The van der Waals surface area contributed by atoms with E-state index in [4.69, 9.17) is 4.42 Å². The highest BCUT2D eigenvalue weighted by molar-refractivity contribution is 9.10. The number of aryl methyl sites for hydroxylation is 2. The molecule has 8 nitrogen and oxygen atoms in total. The molecule has 0 atom stereocenters. The van der Waals surface area contributed by atoms with E-state index in [9.17, 15) is 14.4 Å². The number of benzene rings is 2. The van der Waals surface area contributed by atoms with Crippen molar-refractivity contribution >= 4 is 39.4 Å². The molecule has 0 unspecified atom stereocenters. The lowest BCUT2D eigenvalue weighted by Crippen LogP contribution is -2.41. The predicted molar refractivity (Wildman–Crippen MR) is 131 cm³/mol. The molecule has 0 bridgehead atoms. The lowest BCUT2D eigenvalue weighted by molar-refractivity contribution is 0.0829. The molecule has 0 aliphatic heterocycles. The van der Waals surface area contributed by atoms with Crippen molar-refractivity contribution in [3.05, 3.63) is 92.3 Å². The van der Waals surface area contributed by atoms with Crippen molar-refractivity contribution in [3.63, 3.8) is 0 Å². The summed E-state index contributed by atoms with van der Waals surface area (Å²) in [6, 6.07) is 13.9. The minimum absolute atomic E-state index is 0.0977. The van der Waals surface area contributed by atoms with Crippen molar-refractivity contribution < 1.29 is 18.8 Å². The van der Waals surface area contributed by atoms with Crippen LogP contribution >= 0.6 is 15.9 Å². The third kappa shape index (κ3) is 5.09. The minimum atomic E-state index is -0.569. The van der Waals surface area contributed by atoms with Crippen LogP contribution in [-0.2, 0) is 6.42 Å². The van der Waals surface area contributed by atoms with Crippen LogP contribution in [0.25, 0.3) is 0 Å². The highest BCUT2D eigenvalue weighted by Crippen LogP contribution is 2.29. The third-order valence-corrected chi connectivity index (χ3v) is 6.06. The Morgan fingerprint density at radius 3 is 2.18 bits per heavy atom. The van der Waals surface area contributed by atoms with E-state index in [1.807, 2.05) is 19.1 Å². The molecule has 3 amide bonds. The first-order valence-electron chi connectivity index (χ1n) is 10.8. The van der Waals surface area contributed by atoms with Gasteiger partial charge in [0.25, 0.3) is 11.8 Å². The summed E-state index contributed by atoms with van der Waals surface area (Å²) in [4.78, 5) is 37.4. The summed E-state index contributed by atoms with van der Waals surface area (Å²) in [5, 5.41) is 4.33. The fourth-order valence-corrected chi connectivity index (χ4v) is 3.99. The average Bonchev–Trinajstić information content (AvgIpc) is 3.18. The van der Waals surface area contributed by atoms with Gasteiger partial charge in [0, 0.05) is 33.1 Å². The molecule has 0 spiro atoms. The van der Waals surface area contributed by atoms with Crippen LogP contribution in [0.3, 0.4) is 0 Å². The normalized spacial score (nSPS) is 13.8. The summed E-state index contributed by atoms with van der Waals surface area (Å²) in [5.74, 6) is -0.595. The maximum absolute atomic E-state index is 12.7. The van der Waals surface area contributed by atoms with Gasteiger partial charge in [-0.05, 0) is 63.1 Å². The second-order valence-electron chi connectivity index (χ2n) is 7.99. The number of hydrogen-bond donors (Lipinski definition) is 3. The van der Waals surface area contributed by atoms with Crippen molar-refractivity contribution in [2.45, 2.75) is 33.1 Å². The molecule has 1 aromatic heterocycles. The van der Waals surface area contributed by atoms with E-state index < -0.39 is 11.8 Å². The molecule has 0 saturated heterocycles. The first kappa shape index (κ1) is 23.4. The Labute approximate surface area is 204 Å². The van der Waals surface area contributed by atoms with Gasteiger partial charge in [0.05, 0.1) is 5.71 Å². The number of fused-ring (bicyclic) bond motifs is 1. The maximum atomic E-state index is 12.7. The van der Waals surface area contributed by atoms with E-state index in [2.05, 4.69) is 37.3 Å². The van der Waals surface area contributed by atoms with E-state index in [0.29, 0.717) is 41.0 Å². The second kappa shape index (κ2) is 10.0. The van der Waals surface area contributed by atoms with Crippen LogP contribution in [0.5, 0.6) is 0 Å². The molecule has 1 aliphatic rings. The van der Waals surface area contributed by atoms with Crippen molar-refractivity contribution in [1.82, 2.24) is 16.3 Å². The van der Waals surface area contributed by atoms with Gasteiger partial charge >= 0.3 is 5.91 Å². The van der Waals surface area contributed by atoms with Gasteiger partial charge in [0.1, 0.15) is 5.76 Å². The molecule has 4 rings (SSSR count). The quantitative estimate of drug-likeness (QED) is 0.445. The van der Waals surface area contributed by atoms with Crippen LogP contribution in [0.1, 0.15) is 66.6 Å². The molecular weight excluding hydrogens is 500 g/mol. The van der Waals surface area contributed by atoms with Crippen LogP contribution < -0.4 is 16.3 Å². The maximum Gasteiger partial charge on any atom is 0.305 e. The Morgan fingerprint density at radius 2 is 1.47 bits per heavy atom. The third-order valence-electron chi connectivity index (χ3n) is 5.53. The molecule has 0 radical (unpaired) electrons. The molecule has 9 heteroatoms. The van der Waals surface area contributed by atoms with E-state index in [1.54, 1.807) is 43.3 Å². The van der Waals surface area contributed by atoms with E-state index in [1.165, 1.54) is 0 Å². The van der Waals surface area contributed by atoms with Crippen molar-refractivity contribution in [2.75, 3.05) is 0 Å². The topological polar surface area (TPSA) is 113 Å². The zero-order valence-electron chi connectivity index (χ0n) is 18.7. The lowest BCUT2D eigenvalue weighted by atomic mass is 9.93. The summed E-state index contributed by atoms with van der Waals surface area (Å²) < 4.78 is 6.67. The minimum Gasteiger partial charge on any atom is -0.455 e. The van der Waals surface area contributed by atoms with E-state index in [0.717, 1.165) is 22.0 Å². The van der Waals surface area contributed by atoms with E-state index in [-0.39, 0.29) is 11.7 Å². The first-order chi connectivity index (χ1) is 16.3. The lowest BCUT2D eigenvalue weighted by Gasteiger charge is -2.13. The molecule has 174 valence electrons. The molecule has 3 N–H and O–H groups in total. The summed E-state index contributed by atoms with van der Waals surface area (Å²) >= 11 is 3.31. The molecule has 0 fully saturated rings. The van der Waals surface area contributed by atoms with Crippen LogP contribution in [0.2, 0.25) is 0 Å². The standard InChI is InChI=1S/C25H23BrN4O4/c1-14-6-8-16(9-7-14)23(31)28-27-19-4-3-5-20-21(19)15(2)22(34-20)25(33)30-29-24(32)17-10-12-18(26)13-11-17/h6-13H,3-5H2,1-2H3,(H,28,31)(H,29,32)(H,30,33)/b27-19+. The van der Waals surface area contributed by atoms with Crippen LogP contribution in [0.4, 0.5) is 0 Å². The number of hydrogen-bond acceptors (Lipinski definition) is 5. The zero-order valence-corrected chi connectivity index (χ0v) is 20.3. The van der Waals surface area contributed by atoms with Gasteiger partial charge in [-0.2, -0.15) is 5.10 Å². The number of carbonyl (C=O) groups is 3. The van der Waals surface area contributed by atoms with E-state index >= 15 is 0 Å². The largest absolute Gasteiger partial charge is 0.455 e. The summed E-state index contributed by atoms with van der Waals surface area (Å²) in [6.07, 6.45) is 2.07. The molecule has 1 heterocycles. The number of hydrazine groups is 1. The fraction of sp³-hybridized carbons (Fsp3) is 0.200. The molecule has 34 heavy (non-hydrogen) atoms. The highest BCUT2D eigenvalue weighted by Gasteiger charge is 2.28. The van der Waals surface area contributed by atoms with Gasteiger partial charge in [-0.15, -0.1) is 0 Å². The Bertz CT molecular complexity index is 1280. The second-order valence-corrected chi connectivity index (χ2v) is 8.90. The van der Waals surface area contributed by atoms with Crippen molar-refractivity contribution in [2.24, 2.45) is 5.10 Å². The van der Waals surface area contributed by atoms with Crippen LogP contribution in [0.15, 0.2) is 62.5 Å². The monoisotopic (exact) mass is 522 g/mol. The molecule has 1 aliphatic carbocycles. The SMILES string of the molecule is Cc1ccc(C(=O)N/N=C2\CCCc3oc(C(=O)NNC(=O)c4ccc(Br)cc4)c(C)c32)cc1. The Morgan fingerprint density at radius 1 is 0.853 bits per heavy atom. The molecular formula is C25H23BrN4O4. The number of halogens is 1. The van der Waals surface area contributed by atoms with Gasteiger partial charge in [-0.3, -0.25) is 25.2 Å². The number of carbonyl (C=O) groups excluding carboxylic acids is 3. The number of furan rings is 1. The van der Waals surface area contributed by atoms with Crippen molar-refractivity contribution in [1.29, 1.82) is 0 Å². The number of rotatable bonds is 4. The van der Waals surface area contributed by atoms with Crippen molar-refractivity contribution in [3.8, 4) is 0 Å². The average molecular weight is 523 g/mol. The Hall–Kier alpha value is -3.72. The fourth-order valence-electron chi connectivity index (χ4n) is 3.73. The van der Waals surface area contributed by atoms with Gasteiger partial charge in [0.2, 0.25) is 0 Å². The summed E-state index contributed by atoms with van der Waals surface area (Å²) in [5.41, 5.74) is 11.4. The van der Waals surface area contributed by atoms with Gasteiger partial charge in [-0.1, -0.05) is 33.6 Å². The number of nitrogens with one attached hydrogen (secondary N) is 3. The molecule has 2 aromatic carbocycles. The summed E-state index contributed by atoms with van der Waals surface area (Å²) in [7, 11) is 0. The zero-order chi connectivity index (χ0) is 24.2. The first-order valence-corrected chi connectivity index (χ1v) is 11.5. The Balaban J connectivity index is 1.47. The predicted octanol–water partition coefficient (Wildman–Crippen LogP) is 4.20. The molecule has 0 saturated carbocycles. The number of nitrogens with zero attached hydrogens (tertiary/aromatic N) is 1. The van der Waals surface area contributed by atoms with Gasteiger partial charge in [-0.25, -0.2) is 5.43 Å². The highest BCUT2D eigenvalue weighted by atomic mass is 79.9. The van der Waals surface area contributed by atoms with Crippen LogP contribution in [0, 0.1) is 13.8 Å². The smallest absolute Gasteiger partial charge is 0.305 e. The summed E-state index contributed by atoms with van der Waals surface area (Å²) in [6.45, 7) is 3.71. The van der Waals surface area contributed by atoms with Gasteiger partial charge in [0.15, 0.2) is 5.76 Å². The number of amides is 3. The van der Waals surface area contributed by atoms with Gasteiger partial charge < -0.3 is 4.42 Å².